The molecule has 0 aromatic heterocycles. The first-order chi connectivity index (χ1) is 10.6. The van der Waals surface area contributed by atoms with Gasteiger partial charge in [0.15, 0.2) is 0 Å². The van der Waals surface area contributed by atoms with Crippen LogP contribution in [0.5, 0.6) is 0 Å². The van der Waals surface area contributed by atoms with Gasteiger partial charge in [-0.1, -0.05) is 6.58 Å². The number of aliphatic hydroxyl groups excluding tert-OH is 2. The topological polar surface area (TPSA) is 130 Å². The van der Waals surface area contributed by atoms with Gasteiger partial charge in [0.25, 0.3) is 0 Å². The zero-order valence-corrected chi connectivity index (χ0v) is 13.2. The summed E-state index contributed by atoms with van der Waals surface area (Å²) < 4.78 is 9.66. The molecule has 0 radical (unpaired) electrons. The molecule has 0 aromatic carbocycles. The Hall–Kier alpha value is -2.45. The van der Waals surface area contributed by atoms with Crippen molar-refractivity contribution in [3.05, 3.63) is 35.1 Å². The van der Waals surface area contributed by atoms with Crippen molar-refractivity contribution in [2.24, 2.45) is 0 Å². The van der Waals surface area contributed by atoms with Crippen LogP contribution in [0.3, 0.4) is 0 Å². The second-order valence-corrected chi connectivity index (χ2v) is 4.73. The first kappa shape index (κ1) is 20.6. The van der Waals surface area contributed by atoms with Crippen molar-refractivity contribution in [2.75, 3.05) is 13.2 Å². The van der Waals surface area contributed by atoms with Crippen LogP contribution in [0.15, 0.2) is 35.1 Å². The number of carbonyl (C=O) groups excluding carboxylic acids is 2. The zero-order chi connectivity index (χ0) is 18.2. The standard InChI is InChI=1S/C15H20O8/c1-8(2)14(20)23-15(21)10(4)12(5-9(3)13(18)19)22-7-11(17)6-16/h5,11,16-17H,1,6-7H2,2-4H3,(H,18,19). The van der Waals surface area contributed by atoms with Gasteiger partial charge in [-0.25, -0.2) is 14.4 Å². The predicted octanol–water partition coefficient (Wildman–Crippen LogP) is 0.307. The third-order valence-corrected chi connectivity index (χ3v) is 2.54. The molecule has 0 rings (SSSR count). The van der Waals surface area contributed by atoms with Gasteiger partial charge >= 0.3 is 17.9 Å². The number of rotatable bonds is 8. The SMILES string of the molecule is C=C(C)C(=O)OC(=O)C(C)=C(C=C(C)C(=O)O)OCC(O)CO. The Bertz CT molecular complexity index is 556. The summed E-state index contributed by atoms with van der Waals surface area (Å²) in [6.45, 7) is 6.27. The van der Waals surface area contributed by atoms with Gasteiger partial charge in [0.2, 0.25) is 0 Å². The maximum absolute atomic E-state index is 11.9. The zero-order valence-electron chi connectivity index (χ0n) is 13.2. The molecular weight excluding hydrogens is 308 g/mol. The second kappa shape index (κ2) is 9.54. The predicted molar refractivity (Wildman–Crippen MR) is 79.1 cm³/mol. The number of ether oxygens (including phenoxy) is 2. The first-order valence-electron chi connectivity index (χ1n) is 6.56. The third-order valence-electron chi connectivity index (χ3n) is 2.54. The molecule has 128 valence electrons. The van der Waals surface area contributed by atoms with Gasteiger partial charge in [0.05, 0.1) is 12.2 Å². The summed E-state index contributed by atoms with van der Waals surface area (Å²) in [6, 6.07) is 0. The van der Waals surface area contributed by atoms with Gasteiger partial charge < -0.3 is 24.8 Å². The molecule has 0 saturated carbocycles. The Kier molecular flexibility index (Phi) is 8.53. The van der Waals surface area contributed by atoms with Crippen LogP contribution in [0.2, 0.25) is 0 Å². The molecule has 8 heteroatoms. The summed E-state index contributed by atoms with van der Waals surface area (Å²) >= 11 is 0. The summed E-state index contributed by atoms with van der Waals surface area (Å²) in [5.74, 6) is -3.41. The van der Waals surface area contributed by atoms with E-state index in [1.54, 1.807) is 0 Å². The molecular formula is C15H20O8. The summed E-state index contributed by atoms with van der Waals surface area (Å²) in [6.07, 6.45) is -0.168. The fourth-order valence-electron chi connectivity index (χ4n) is 1.10. The number of hydrogen-bond acceptors (Lipinski definition) is 7. The van der Waals surface area contributed by atoms with Gasteiger partial charge in [-0.15, -0.1) is 0 Å². The number of aliphatic carboxylic acids is 1. The van der Waals surface area contributed by atoms with Gasteiger partial charge in [-0.05, 0) is 26.8 Å². The first-order valence-corrected chi connectivity index (χ1v) is 6.56. The minimum absolute atomic E-state index is 0.0154. The third kappa shape index (κ3) is 7.39. The van der Waals surface area contributed by atoms with Crippen LogP contribution in [-0.4, -0.2) is 52.5 Å². The highest BCUT2D eigenvalue weighted by atomic mass is 16.6. The summed E-state index contributed by atoms with van der Waals surface area (Å²) in [7, 11) is 0. The molecule has 0 aliphatic carbocycles. The highest BCUT2D eigenvalue weighted by Gasteiger charge is 2.18. The van der Waals surface area contributed by atoms with Gasteiger partial charge in [0, 0.05) is 11.1 Å². The molecule has 0 spiro atoms. The Morgan fingerprint density at radius 1 is 1.17 bits per heavy atom. The van der Waals surface area contributed by atoms with E-state index in [1.165, 1.54) is 20.8 Å². The van der Waals surface area contributed by atoms with Crippen molar-refractivity contribution in [1.29, 1.82) is 0 Å². The number of carboxylic acid groups (broad SMARTS) is 1. The van der Waals surface area contributed by atoms with Gasteiger partial charge in [0.1, 0.15) is 18.5 Å². The minimum atomic E-state index is -1.24. The summed E-state index contributed by atoms with van der Waals surface area (Å²) in [5, 5.41) is 26.9. The number of allylic oxidation sites excluding steroid dienone is 1. The van der Waals surface area contributed by atoms with Crippen molar-refractivity contribution in [3.8, 4) is 0 Å². The number of carbonyl (C=O) groups is 3. The van der Waals surface area contributed by atoms with E-state index in [-0.39, 0.29) is 29.1 Å². The van der Waals surface area contributed by atoms with Gasteiger partial charge in [-0.3, -0.25) is 0 Å². The number of esters is 2. The van der Waals surface area contributed by atoms with Crippen LogP contribution in [-0.2, 0) is 23.9 Å². The molecule has 0 aliphatic rings. The van der Waals surface area contributed by atoms with E-state index < -0.39 is 30.6 Å². The lowest BCUT2D eigenvalue weighted by atomic mass is 10.2. The van der Waals surface area contributed by atoms with E-state index in [4.69, 9.17) is 14.9 Å². The van der Waals surface area contributed by atoms with Crippen molar-refractivity contribution >= 4 is 17.9 Å². The lowest BCUT2D eigenvalue weighted by molar-refractivity contribution is -0.154. The lowest BCUT2D eigenvalue weighted by Crippen LogP contribution is -2.21. The Morgan fingerprint density at radius 3 is 2.17 bits per heavy atom. The highest BCUT2D eigenvalue weighted by molar-refractivity contribution is 6.01. The monoisotopic (exact) mass is 328 g/mol. The fraction of sp³-hybridized carbons (Fsp3) is 0.400. The molecule has 1 unspecified atom stereocenters. The van der Waals surface area contributed by atoms with Crippen LogP contribution in [0, 0.1) is 0 Å². The quantitative estimate of drug-likeness (QED) is 0.191. The summed E-state index contributed by atoms with van der Waals surface area (Å²) in [5.41, 5.74) is -0.302. The molecule has 0 aromatic rings. The molecule has 0 heterocycles. The molecule has 0 bridgehead atoms. The number of hydrogen-bond donors (Lipinski definition) is 3. The number of aliphatic hydroxyl groups is 2. The average Bonchev–Trinajstić information content (AvgIpc) is 2.49. The molecule has 3 N–H and O–H groups in total. The average molecular weight is 328 g/mol. The summed E-state index contributed by atoms with van der Waals surface area (Å²) in [4.78, 5) is 34.1. The maximum atomic E-state index is 11.9. The van der Waals surface area contributed by atoms with Crippen LogP contribution >= 0.6 is 0 Å². The number of carboxylic acids is 1. The van der Waals surface area contributed by atoms with E-state index in [0.717, 1.165) is 6.08 Å². The molecule has 1 atom stereocenters. The van der Waals surface area contributed by atoms with E-state index in [1.807, 2.05) is 0 Å². The van der Waals surface area contributed by atoms with E-state index in [2.05, 4.69) is 11.3 Å². The molecule has 0 aliphatic heterocycles. The fourth-order valence-corrected chi connectivity index (χ4v) is 1.10. The van der Waals surface area contributed by atoms with Crippen LogP contribution in [0.25, 0.3) is 0 Å². The van der Waals surface area contributed by atoms with Crippen LogP contribution in [0.1, 0.15) is 20.8 Å². The van der Waals surface area contributed by atoms with Crippen molar-refractivity contribution in [2.45, 2.75) is 26.9 Å². The molecule has 0 saturated heterocycles. The highest BCUT2D eigenvalue weighted by Crippen LogP contribution is 2.14. The van der Waals surface area contributed by atoms with E-state index >= 15 is 0 Å². The molecule has 0 fully saturated rings. The molecule has 0 amide bonds. The van der Waals surface area contributed by atoms with Crippen molar-refractivity contribution in [1.82, 2.24) is 0 Å². The van der Waals surface area contributed by atoms with Crippen LogP contribution in [0.4, 0.5) is 0 Å². The Balaban J connectivity index is 5.46. The largest absolute Gasteiger partial charge is 0.490 e. The van der Waals surface area contributed by atoms with Crippen molar-refractivity contribution < 1.29 is 39.2 Å². The van der Waals surface area contributed by atoms with Gasteiger partial charge in [-0.2, -0.15) is 0 Å². The maximum Gasteiger partial charge on any atom is 0.345 e. The molecule has 23 heavy (non-hydrogen) atoms. The smallest absolute Gasteiger partial charge is 0.345 e. The molecule has 8 nitrogen and oxygen atoms in total. The second-order valence-electron chi connectivity index (χ2n) is 4.73. The van der Waals surface area contributed by atoms with Crippen LogP contribution < -0.4 is 0 Å². The lowest BCUT2D eigenvalue weighted by Gasteiger charge is -2.13. The van der Waals surface area contributed by atoms with E-state index in [0.29, 0.717) is 0 Å². The minimum Gasteiger partial charge on any atom is -0.490 e. The Labute approximate surface area is 133 Å². The van der Waals surface area contributed by atoms with E-state index in [9.17, 15) is 19.5 Å². The van der Waals surface area contributed by atoms with Crippen molar-refractivity contribution in [3.63, 3.8) is 0 Å². The normalized spacial score (nSPS) is 13.7. The Morgan fingerprint density at radius 2 is 1.74 bits per heavy atom.